The SMILES string of the molecule is [2H]c1nc(-c2cc(-c3cccc4c3nc(-c3ccccc3O)n4-c3ccc(C(C)(C)CC)cc3-c3ccccc3)cc(C(C)(C)C)c2)c([2H])c(-c2c([2H])c([2H])c([2H])c([2H])c2[2H])c1[2H]. The first-order valence-electron chi connectivity index (χ1n) is 22.6. The number of imidazole rings is 1. The summed E-state index contributed by atoms with van der Waals surface area (Å²) in [6, 6.07) is 31.9. The Labute approximate surface area is 336 Å². The van der Waals surface area contributed by atoms with Crippen LogP contribution in [0.15, 0.2) is 158 Å². The molecule has 0 saturated carbocycles. The Hall–Kier alpha value is -6.26. The van der Waals surface area contributed by atoms with Gasteiger partial charge in [-0.25, -0.2) is 4.98 Å². The smallest absolute Gasteiger partial charge is 0.149 e. The van der Waals surface area contributed by atoms with Crippen molar-refractivity contribution in [3.63, 3.8) is 0 Å². The zero-order valence-electron chi connectivity index (χ0n) is 39.9. The van der Waals surface area contributed by atoms with Gasteiger partial charge in [-0.15, -0.1) is 0 Å². The third-order valence-corrected chi connectivity index (χ3v) is 10.5. The monoisotopic (exact) mass is 725 g/mol. The first-order valence-corrected chi connectivity index (χ1v) is 18.6. The second kappa shape index (κ2) is 14.2. The molecule has 6 aromatic carbocycles. The van der Waals surface area contributed by atoms with Crippen LogP contribution in [0, 0.1) is 0 Å². The second-order valence-corrected chi connectivity index (χ2v) is 15.5. The normalized spacial score (nSPS) is 14.0. The van der Waals surface area contributed by atoms with Gasteiger partial charge in [-0.1, -0.05) is 138 Å². The number of hydrogen-bond acceptors (Lipinski definition) is 3. The van der Waals surface area contributed by atoms with Crippen molar-refractivity contribution in [2.24, 2.45) is 0 Å². The van der Waals surface area contributed by atoms with E-state index in [0.29, 0.717) is 22.5 Å². The van der Waals surface area contributed by atoms with E-state index in [1.165, 1.54) is 5.56 Å². The lowest BCUT2D eigenvalue weighted by Crippen LogP contribution is -2.16. The molecule has 55 heavy (non-hydrogen) atoms. The number of nitrogens with zero attached hydrogens (tertiary/aromatic N) is 3. The van der Waals surface area contributed by atoms with Crippen molar-refractivity contribution < 1.29 is 16.1 Å². The van der Waals surface area contributed by atoms with E-state index >= 15 is 0 Å². The number of para-hydroxylation sites is 2. The average Bonchev–Trinajstić information content (AvgIpc) is 3.66. The predicted molar refractivity (Wildman–Crippen MR) is 230 cm³/mol. The number of fused-ring (bicyclic) bond motifs is 1. The largest absolute Gasteiger partial charge is 0.507 e. The highest BCUT2D eigenvalue weighted by Crippen LogP contribution is 2.42. The lowest BCUT2D eigenvalue weighted by Gasteiger charge is -2.25. The van der Waals surface area contributed by atoms with Gasteiger partial charge in [0.15, 0.2) is 0 Å². The van der Waals surface area contributed by atoms with E-state index in [1.54, 1.807) is 12.1 Å². The third kappa shape index (κ3) is 6.85. The summed E-state index contributed by atoms with van der Waals surface area (Å²) in [6.07, 6.45) is 0.445. The van der Waals surface area contributed by atoms with E-state index in [4.69, 9.17) is 14.6 Å². The maximum atomic E-state index is 11.4. The summed E-state index contributed by atoms with van der Waals surface area (Å²) in [7, 11) is 0. The maximum absolute atomic E-state index is 11.4. The second-order valence-electron chi connectivity index (χ2n) is 15.5. The molecule has 0 unspecified atom stereocenters. The average molecular weight is 726 g/mol. The molecule has 0 atom stereocenters. The summed E-state index contributed by atoms with van der Waals surface area (Å²) in [4.78, 5) is 9.79. The van der Waals surface area contributed by atoms with Gasteiger partial charge in [0.25, 0.3) is 0 Å². The van der Waals surface area contributed by atoms with Crippen molar-refractivity contribution in [1.29, 1.82) is 0 Å². The van der Waals surface area contributed by atoms with Crippen LogP contribution in [0.25, 0.3) is 72.7 Å². The minimum absolute atomic E-state index is 0.0281. The van der Waals surface area contributed by atoms with Crippen LogP contribution in [-0.4, -0.2) is 19.6 Å². The Bertz CT molecular complexity index is 3090. The van der Waals surface area contributed by atoms with Crippen LogP contribution in [0.1, 0.15) is 70.1 Å². The fourth-order valence-corrected chi connectivity index (χ4v) is 6.93. The van der Waals surface area contributed by atoms with E-state index < -0.39 is 47.8 Å². The molecule has 4 heteroatoms. The van der Waals surface area contributed by atoms with Crippen molar-refractivity contribution >= 4 is 11.0 Å². The van der Waals surface area contributed by atoms with Crippen LogP contribution in [0.4, 0.5) is 0 Å². The highest BCUT2D eigenvalue weighted by molar-refractivity contribution is 5.97. The number of aromatic nitrogens is 3. The minimum atomic E-state index is -0.598. The molecule has 0 aliphatic carbocycles. The Morgan fingerprint density at radius 1 is 0.636 bits per heavy atom. The van der Waals surface area contributed by atoms with Crippen LogP contribution in [0.2, 0.25) is 0 Å². The van der Waals surface area contributed by atoms with Crippen molar-refractivity contribution in [1.82, 2.24) is 14.5 Å². The van der Waals surface area contributed by atoms with E-state index in [2.05, 4.69) is 87.5 Å². The molecule has 272 valence electrons. The summed E-state index contributed by atoms with van der Waals surface area (Å²) < 4.78 is 71.2. The van der Waals surface area contributed by atoms with Gasteiger partial charge < -0.3 is 5.11 Å². The molecule has 8 rings (SSSR count). The summed E-state index contributed by atoms with van der Waals surface area (Å²) in [6.45, 7) is 12.9. The first kappa shape index (κ1) is 27.3. The molecule has 8 aromatic rings. The van der Waals surface area contributed by atoms with Gasteiger partial charge in [0.2, 0.25) is 0 Å². The third-order valence-electron chi connectivity index (χ3n) is 10.5. The molecular weight excluding hydrogens is 671 g/mol. The zero-order valence-corrected chi connectivity index (χ0v) is 31.9. The van der Waals surface area contributed by atoms with Crippen LogP contribution < -0.4 is 0 Å². The van der Waals surface area contributed by atoms with E-state index in [1.807, 2.05) is 60.7 Å². The topological polar surface area (TPSA) is 50.9 Å². The highest BCUT2D eigenvalue weighted by Gasteiger charge is 2.25. The van der Waals surface area contributed by atoms with Gasteiger partial charge in [0, 0.05) is 22.9 Å². The fourth-order valence-electron chi connectivity index (χ4n) is 6.93. The molecule has 2 heterocycles. The van der Waals surface area contributed by atoms with Gasteiger partial charge in [-0.3, -0.25) is 9.55 Å². The standard InChI is InChI=1S/C51H47N3O/c1-7-51(5,6)39-25-26-45(43(33-39)35-19-12-9-13-20-35)54-46-23-16-22-41(48(46)53-49(54)42-21-14-15-24-47(42)55)37-29-38(31-40(30-37)50(2,3)4)44-32-36(27-28-52-44)34-17-10-8-11-18-34/h8-33,55H,7H2,1-6H3/i8D,10D,11D,17D,18D,27D,28D,32D. The minimum Gasteiger partial charge on any atom is -0.507 e. The van der Waals surface area contributed by atoms with Crippen LogP contribution in [0.5, 0.6) is 5.75 Å². The molecule has 0 amide bonds. The van der Waals surface area contributed by atoms with Gasteiger partial charge >= 0.3 is 0 Å². The van der Waals surface area contributed by atoms with E-state index in [0.717, 1.165) is 45.4 Å². The lowest BCUT2D eigenvalue weighted by atomic mass is 9.81. The molecular formula is C51H47N3O. The van der Waals surface area contributed by atoms with Crippen molar-refractivity contribution in [3.05, 3.63) is 169 Å². The lowest BCUT2D eigenvalue weighted by molar-refractivity contribution is 0.477. The molecule has 0 radical (unpaired) electrons. The highest BCUT2D eigenvalue weighted by atomic mass is 16.3. The molecule has 0 aliphatic rings. The number of aromatic hydroxyl groups is 1. The molecule has 0 bridgehead atoms. The van der Waals surface area contributed by atoms with Crippen molar-refractivity contribution in [3.8, 4) is 67.5 Å². The molecule has 0 spiro atoms. The number of phenolic OH excluding ortho intramolecular Hbond substituents is 1. The first-order chi connectivity index (χ1) is 29.8. The molecule has 4 nitrogen and oxygen atoms in total. The number of pyridine rings is 1. The molecule has 1 N–H and O–H groups in total. The fraction of sp³-hybridized carbons (Fsp3) is 0.176. The Morgan fingerprint density at radius 2 is 1.36 bits per heavy atom. The maximum Gasteiger partial charge on any atom is 0.149 e. The summed E-state index contributed by atoms with van der Waals surface area (Å²) >= 11 is 0. The summed E-state index contributed by atoms with van der Waals surface area (Å²) in [5.41, 5.74) is 7.80. The van der Waals surface area contributed by atoms with Crippen molar-refractivity contribution in [2.75, 3.05) is 0 Å². The van der Waals surface area contributed by atoms with Gasteiger partial charge in [0.05, 0.1) is 38.9 Å². The predicted octanol–water partition coefficient (Wildman–Crippen LogP) is 13.4. The Kier molecular flexibility index (Phi) is 7.05. The van der Waals surface area contributed by atoms with Gasteiger partial charge in [0.1, 0.15) is 11.6 Å². The molecule has 0 aliphatic heterocycles. The zero-order chi connectivity index (χ0) is 45.3. The number of phenols is 1. The Morgan fingerprint density at radius 3 is 2.11 bits per heavy atom. The van der Waals surface area contributed by atoms with Crippen LogP contribution >= 0.6 is 0 Å². The van der Waals surface area contributed by atoms with Gasteiger partial charge in [-0.05, 0) is 105 Å². The number of rotatable bonds is 8. The number of hydrogen-bond donors (Lipinski definition) is 1. The summed E-state index contributed by atoms with van der Waals surface area (Å²) in [5.74, 6) is 0.608. The van der Waals surface area contributed by atoms with Crippen LogP contribution in [0.3, 0.4) is 0 Å². The van der Waals surface area contributed by atoms with E-state index in [9.17, 15) is 6.48 Å². The number of benzene rings is 6. The van der Waals surface area contributed by atoms with Crippen LogP contribution in [-0.2, 0) is 10.8 Å². The van der Waals surface area contributed by atoms with Gasteiger partial charge in [-0.2, -0.15) is 0 Å². The summed E-state index contributed by atoms with van der Waals surface area (Å²) in [5, 5.41) is 11.4. The van der Waals surface area contributed by atoms with E-state index in [-0.39, 0.29) is 34.0 Å². The quantitative estimate of drug-likeness (QED) is 0.170. The molecule has 0 fully saturated rings. The Balaban J connectivity index is 1.43. The molecule has 0 saturated heterocycles. The molecule has 2 aromatic heterocycles. The van der Waals surface area contributed by atoms with Crippen molar-refractivity contribution in [2.45, 2.75) is 58.8 Å².